The SMILES string of the molecule is CC1(F)C(c2cnc3c(N)ncnn23)OCC1(O)CO. The van der Waals surface area contributed by atoms with Gasteiger partial charge in [-0.05, 0) is 6.92 Å². The maximum atomic E-state index is 14.9. The van der Waals surface area contributed by atoms with E-state index in [1.165, 1.54) is 24.0 Å². The highest BCUT2D eigenvalue weighted by molar-refractivity contribution is 5.59. The van der Waals surface area contributed by atoms with Crippen molar-refractivity contribution in [3.05, 3.63) is 18.2 Å². The monoisotopic (exact) mass is 283 g/mol. The van der Waals surface area contributed by atoms with E-state index in [0.29, 0.717) is 5.69 Å². The number of fused-ring (bicyclic) bond motifs is 1. The third kappa shape index (κ3) is 1.54. The molecule has 8 nitrogen and oxygen atoms in total. The summed E-state index contributed by atoms with van der Waals surface area (Å²) < 4.78 is 21.5. The van der Waals surface area contributed by atoms with Crippen LogP contribution in [0.1, 0.15) is 18.7 Å². The smallest absolute Gasteiger partial charge is 0.196 e. The Morgan fingerprint density at radius 1 is 1.60 bits per heavy atom. The molecule has 3 heterocycles. The summed E-state index contributed by atoms with van der Waals surface area (Å²) in [5.41, 5.74) is 2.06. The van der Waals surface area contributed by atoms with Gasteiger partial charge in [0.1, 0.15) is 18.0 Å². The van der Waals surface area contributed by atoms with Gasteiger partial charge in [0.2, 0.25) is 0 Å². The Hall–Kier alpha value is -1.84. The third-order valence-electron chi connectivity index (χ3n) is 3.78. The molecule has 2 aromatic heterocycles. The number of nitrogens with zero attached hydrogens (tertiary/aromatic N) is 4. The second-order valence-corrected chi connectivity index (χ2v) is 5.02. The van der Waals surface area contributed by atoms with E-state index in [1.807, 2.05) is 0 Å². The van der Waals surface area contributed by atoms with Crippen LogP contribution in [0.25, 0.3) is 5.65 Å². The molecule has 1 saturated heterocycles. The lowest BCUT2D eigenvalue weighted by atomic mass is 9.84. The number of aliphatic hydroxyl groups is 2. The fourth-order valence-electron chi connectivity index (χ4n) is 2.36. The van der Waals surface area contributed by atoms with Gasteiger partial charge in [-0.2, -0.15) is 5.10 Å². The molecular weight excluding hydrogens is 269 g/mol. The molecule has 2 aromatic rings. The van der Waals surface area contributed by atoms with Gasteiger partial charge in [-0.25, -0.2) is 18.9 Å². The molecule has 0 bridgehead atoms. The number of nitrogen functional groups attached to an aromatic ring is 1. The maximum absolute atomic E-state index is 14.9. The molecule has 0 aromatic carbocycles. The van der Waals surface area contributed by atoms with Crippen molar-refractivity contribution in [2.45, 2.75) is 24.3 Å². The summed E-state index contributed by atoms with van der Waals surface area (Å²) in [4.78, 5) is 7.81. The average Bonchev–Trinajstić information content (AvgIpc) is 2.92. The zero-order valence-electron chi connectivity index (χ0n) is 10.7. The van der Waals surface area contributed by atoms with Crippen molar-refractivity contribution >= 4 is 11.5 Å². The molecule has 4 N–H and O–H groups in total. The van der Waals surface area contributed by atoms with Gasteiger partial charge in [0.15, 0.2) is 17.1 Å². The van der Waals surface area contributed by atoms with E-state index in [4.69, 9.17) is 10.5 Å². The lowest BCUT2D eigenvalue weighted by molar-refractivity contribution is -0.1000. The van der Waals surface area contributed by atoms with Crippen LogP contribution in [-0.2, 0) is 4.74 Å². The van der Waals surface area contributed by atoms with Crippen molar-refractivity contribution in [2.75, 3.05) is 18.9 Å². The number of halogens is 1. The molecule has 3 unspecified atom stereocenters. The Bertz CT molecular complexity index is 661. The van der Waals surface area contributed by atoms with E-state index in [0.717, 1.165) is 0 Å². The number of nitrogens with two attached hydrogens (primary N) is 1. The van der Waals surface area contributed by atoms with Crippen LogP contribution in [0.3, 0.4) is 0 Å². The Morgan fingerprint density at radius 3 is 3.00 bits per heavy atom. The van der Waals surface area contributed by atoms with Crippen LogP contribution in [0.15, 0.2) is 12.5 Å². The zero-order valence-corrected chi connectivity index (χ0v) is 10.7. The minimum atomic E-state index is -2.20. The lowest BCUT2D eigenvalue weighted by Crippen LogP contribution is -2.51. The summed E-state index contributed by atoms with van der Waals surface area (Å²) in [6.45, 7) is 0.101. The molecule has 1 aliphatic heterocycles. The first-order chi connectivity index (χ1) is 9.40. The van der Waals surface area contributed by atoms with Gasteiger partial charge >= 0.3 is 0 Å². The number of ether oxygens (including phenoxy) is 1. The lowest BCUT2D eigenvalue weighted by Gasteiger charge is -2.31. The molecule has 1 aliphatic rings. The van der Waals surface area contributed by atoms with Crippen molar-refractivity contribution in [3.63, 3.8) is 0 Å². The van der Waals surface area contributed by atoms with Crippen molar-refractivity contribution in [1.82, 2.24) is 19.6 Å². The van der Waals surface area contributed by atoms with Crippen LogP contribution in [0, 0.1) is 0 Å². The molecule has 3 rings (SSSR count). The standard InChI is InChI=1S/C11H14FN5O3/c1-10(12)7(20-4-11(10,19)3-18)6-2-14-9-8(13)15-5-16-17(6)9/h2,5,7,18-19H,3-4H2,1H3,(H2,13,15,16). The van der Waals surface area contributed by atoms with Crippen molar-refractivity contribution < 1.29 is 19.3 Å². The topological polar surface area (TPSA) is 119 Å². The Kier molecular flexibility index (Phi) is 2.68. The molecule has 9 heteroatoms. The third-order valence-corrected chi connectivity index (χ3v) is 3.78. The highest BCUT2D eigenvalue weighted by Crippen LogP contribution is 2.46. The van der Waals surface area contributed by atoms with Crippen LogP contribution >= 0.6 is 0 Å². The van der Waals surface area contributed by atoms with Gasteiger partial charge in [-0.3, -0.25) is 0 Å². The first-order valence-corrected chi connectivity index (χ1v) is 5.98. The molecule has 1 fully saturated rings. The second kappa shape index (κ2) is 4.08. The van der Waals surface area contributed by atoms with Crippen molar-refractivity contribution in [1.29, 1.82) is 0 Å². The van der Waals surface area contributed by atoms with E-state index in [-0.39, 0.29) is 18.1 Å². The number of aromatic nitrogens is 4. The van der Waals surface area contributed by atoms with Gasteiger partial charge in [0, 0.05) is 0 Å². The van der Waals surface area contributed by atoms with E-state index >= 15 is 0 Å². The van der Waals surface area contributed by atoms with Crippen molar-refractivity contribution in [3.8, 4) is 0 Å². The van der Waals surface area contributed by atoms with E-state index < -0.39 is 24.0 Å². The Balaban J connectivity index is 2.11. The maximum Gasteiger partial charge on any atom is 0.196 e. The molecule has 0 aliphatic carbocycles. The predicted molar refractivity (Wildman–Crippen MR) is 65.4 cm³/mol. The highest BCUT2D eigenvalue weighted by atomic mass is 19.1. The van der Waals surface area contributed by atoms with E-state index in [2.05, 4.69) is 15.1 Å². The number of imidazole rings is 1. The van der Waals surface area contributed by atoms with Gasteiger partial charge in [-0.15, -0.1) is 0 Å². The summed E-state index contributed by atoms with van der Waals surface area (Å²) in [6, 6.07) is 0. The second-order valence-electron chi connectivity index (χ2n) is 5.02. The number of hydrogen-bond acceptors (Lipinski definition) is 7. The minimum absolute atomic E-state index is 0.155. The van der Waals surface area contributed by atoms with Crippen LogP contribution in [-0.4, -0.2) is 54.3 Å². The van der Waals surface area contributed by atoms with Crippen LogP contribution in [0.5, 0.6) is 0 Å². The first-order valence-electron chi connectivity index (χ1n) is 5.98. The van der Waals surface area contributed by atoms with Crippen molar-refractivity contribution in [2.24, 2.45) is 0 Å². The molecule has 3 atom stereocenters. The molecule has 0 radical (unpaired) electrons. The quantitative estimate of drug-likeness (QED) is 0.662. The van der Waals surface area contributed by atoms with Crippen LogP contribution in [0.2, 0.25) is 0 Å². The Morgan fingerprint density at radius 2 is 2.35 bits per heavy atom. The summed E-state index contributed by atoms with van der Waals surface area (Å²) >= 11 is 0. The number of hydrogen-bond donors (Lipinski definition) is 3. The average molecular weight is 283 g/mol. The fourth-order valence-corrected chi connectivity index (χ4v) is 2.36. The van der Waals surface area contributed by atoms with E-state index in [9.17, 15) is 14.6 Å². The van der Waals surface area contributed by atoms with Gasteiger partial charge in [0.25, 0.3) is 0 Å². The van der Waals surface area contributed by atoms with Crippen LogP contribution in [0.4, 0.5) is 10.2 Å². The molecule has 108 valence electrons. The molecule has 0 amide bonds. The highest BCUT2D eigenvalue weighted by Gasteiger charge is 2.60. The number of rotatable bonds is 2. The molecule has 20 heavy (non-hydrogen) atoms. The van der Waals surface area contributed by atoms with Gasteiger partial charge in [-0.1, -0.05) is 0 Å². The normalized spacial score (nSPS) is 33.9. The summed E-state index contributed by atoms with van der Waals surface area (Å²) in [7, 11) is 0. The number of alkyl halides is 1. The van der Waals surface area contributed by atoms with Gasteiger partial charge in [0.05, 0.1) is 25.1 Å². The zero-order chi connectivity index (χ0) is 14.5. The predicted octanol–water partition coefficient (Wildman–Crippen LogP) is -0.771. The van der Waals surface area contributed by atoms with E-state index in [1.54, 1.807) is 0 Å². The van der Waals surface area contributed by atoms with Crippen LogP contribution < -0.4 is 5.73 Å². The number of aliphatic hydroxyl groups excluding tert-OH is 1. The molecular formula is C11H14FN5O3. The molecule has 0 spiro atoms. The fraction of sp³-hybridized carbons (Fsp3) is 0.545. The van der Waals surface area contributed by atoms with Gasteiger partial charge < -0.3 is 20.7 Å². The first kappa shape index (κ1) is 13.2. The minimum Gasteiger partial charge on any atom is -0.393 e. The molecule has 0 saturated carbocycles. The summed E-state index contributed by atoms with van der Waals surface area (Å²) in [5, 5.41) is 23.2. The summed E-state index contributed by atoms with van der Waals surface area (Å²) in [6.07, 6.45) is 1.46. The largest absolute Gasteiger partial charge is 0.393 e. The number of anilines is 1. The Labute approximate surface area is 113 Å². The summed E-state index contributed by atoms with van der Waals surface area (Å²) in [5.74, 6) is 0.155.